The summed E-state index contributed by atoms with van der Waals surface area (Å²) >= 11 is 0. The van der Waals surface area contributed by atoms with Crippen LogP contribution in [0.1, 0.15) is 5.56 Å². The van der Waals surface area contributed by atoms with Crippen LogP contribution in [0.4, 0.5) is 0 Å². The zero-order chi connectivity index (χ0) is 8.39. The fraction of sp³-hybridized carbons (Fsp3) is 0.100. The van der Waals surface area contributed by atoms with E-state index in [0.717, 1.165) is 16.5 Å². The smallest absolute Gasteiger partial charge is 0.108 e. The number of fused-ring (bicyclic) bond motifs is 1. The molecule has 0 aliphatic carbocycles. The summed E-state index contributed by atoms with van der Waals surface area (Å²) in [5.74, 6) is 0. The average Bonchev–Trinajstić information content (AvgIpc) is 2.17. The molecule has 59 valence electrons. The lowest BCUT2D eigenvalue weighted by molar-refractivity contribution is 0.179. The van der Waals surface area contributed by atoms with Crippen molar-refractivity contribution in [3.8, 4) is 0 Å². The van der Waals surface area contributed by atoms with Crippen LogP contribution in [-0.2, 0) is 11.7 Å². The zero-order valence-electron chi connectivity index (χ0n) is 6.53. The Bertz CT molecular complexity index is 392. The SMILES string of the molecule is [O]Cc1cccc2ncccc12. The second-order valence-corrected chi connectivity index (χ2v) is 2.63. The van der Waals surface area contributed by atoms with Gasteiger partial charge in [-0.15, -0.1) is 0 Å². The third-order valence-electron chi connectivity index (χ3n) is 1.89. The molecule has 0 amide bonds. The van der Waals surface area contributed by atoms with Crippen molar-refractivity contribution in [1.82, 2.24) is 4.98 Å². The van der Waals surface area contributed by atoms with Gasteiger partial charge in [0, 0.05) is 11.6 Å². The molecule has 1 aromatic heterocycles. The minimum atomic E-state index is -0.178. The Hall–Kier alpha value is -1.41. The average molecular weight is 158 g/mol. The molecule has 0 fully saturated rings. The third kappa shape index (κ3) is 1.06. The van der Waals surface area contributed by atoms with Crippen molar-refractivity contribution in [2.75, 3.05) is 0 Å². The maximum Gasteiger partial charge on any atom is 0.108 e. The quantitative estimate of drug-likeness (QED) is 0.626. The van der Waals surface area contributed by atoms with E-state index in [2.05, 4.69) is 4.98 Å². The predicted molar refractivity (Wildman–Crippen MR) is 46.1 cm³/mol. The van der Waals surface area contributed by atoms with Gasteiger partial charge < -0.3 is 0 Å². The van der Waals surface area contributed by atoms with Gasteiger partial charge in [-0.25, -0.2) is 5.11 Å². The van der Waals surface area contributed by atoms with E-state index < -0.39 is 0 Å². The molecule has 1 heterocycles. The van der Waals surface area contributed by atoms with Crippen LogP contribution >= 0.6 is 0 Å². The first-order valence-corrected chi connectivity index (χ1v) is 3.82. The molecule has 0 atom stereocenters. The van der Waals surface area contributed by atoms with Gasteiger partial charge in [0.25, 0.3) is 0 Å². The Kier molecular flexibility index (Phi) is 1.76. The van der Waals surface area contributed by atoms with E-state index in [4.69, 9.17) is 0 Å². The largest absolute Gasteiger partial charge is 0.256 e. The highest BCUT2D eigenvalue weighted by Crippen LogP contribution is 2.15. The summed E-state index contributed by atoms with van der Waals surface area (Å²) in [6.07, 6.45) is 1.73. The van der Waals surface area contributed by atoms with E-state index in [1.807, 2.05) is 30.3 Å². The molecule has 2 nitrogen and oxygen atoms in total. The highest BCUT2D eigenvalue weighted by Gasteiger charge is 1.98. The summed E-state index contributed by atoms with van der Waals surface area (Å²) in [5, 5.41) is 11.7. The number of aromatic nitrogens is 1. The fourth-order valence-corrected chi connectivity index (χ4v) is 1.29. The van der Waals surface area contributed by atoms with Crippen LogP contribution in [-0.4, -0.2) is 4.98 Å². The maximum atomic E-state index is 10.7. The van der Waals surface area contributed by atoms with Crippen molar-refractivity contribution in [3.63, 3.8) is 0 Å². The Morgan fingerprint density at radius 1 is 1.17 bits per heavy atom. The summed E-state index contributed by atoms with van der Waals surface area (Å²) in [5.41, 5.74) is 1.71. The summed E-state index contributed by atoms with van der Waals surface area (Å²) in [7, 11) is 0. The lowest BCUT2D eigenvalue weighted by Gasteiger charge is -1.99. The lowest BCUT2D eigenvalue weighted by atomic mass is 10.1. The van der Waals surface area contributed by atoms with Gasteiger partial charge in [0.1, 0.15) is 6.61 Å². The number of pyridine rings is 1. The van der Waals surface area contributed by atoms with Crippen molar-refractivity contribution in [2.45, 2.75) is 6.61 Å². The Morgan fingerprint density at radius 3 is 2.92 bits per heavy atom. The van der Waals surface area contributed by atoms with Gasteiger partial charge in [0.15, 0.2) is 0 Å². The first-order valence-electron chi connectivity index (χ1n) is 3.82. The molecule has 1 radical (unpaired) electrons. The zero-order valence-corrected chi connectivity index (χ0v) is 6.53. The van der Waals surface area contributed by atoms with Crippen LogP contribution in [0.15, 0.2) is 36.5 Å². The Morgan fingerprint density at radius 2 is 2.08 bits per heavy atom. The van der Waals surface area contributed by atoms with Crippen molar-refractivity contribution >= 4 is 10.9 Å². The second-order valence-electron chi connectivity index (χ2n) is 2.63. The van der Waals surface area contributed by atoms with Crippen molar-refractivity contribution < 1.29 is 5.11 Å². The standard InChI is InChI=1S/C10H8NO/c12-7-8-3-1-5-10-9(8)4-2-6-11-10/h1-6H,7H2. The molecular formula is C10H8NO. The van der Waals surface area contributed by atoms with E-state index in [-0.39, 0.29) is 6.61 Å². The van der Waals surface area contributed by atoms with Crippen LogP contribution < -0.4 is 0 Å². The van der Waals surface area contributed by atoms with Gasteiger partial charge >= 0.3 is 0 Å². The van der Waals surface area contributed by atoms with Crippen LogP contribution in [0.2, 0.25) is 0 Å². The van der Waals surface area contributed by atoms with Gasteiger partial charge in [-0.2, -0.15) is 0 Å². The summed E-state index contributed by atoms with van der Waals surface area (Å²) in [4.78, 5) is 4.15. The van der Waals surface area contributed by atoms with Crippen molar-refractivity contribution in [1.29, 1.82) is 0 Å². The molecule has 0 N–H and O–H groups in total. The topological polar surface area (TPSA) is 32.8 Å². The molecular weight excluding hydrogens is 150 g/mol. The van der Waals surface area contributed by atoms with Gasteiger partial charge in [0.05, 0.1) is 5.52 Å². The van der Waals surface area contributed by atoms with Crippen LogP contribution in [0, 0.1) is 0 Å². The Balaban J connectivity index is 2.79. The first kappa shape index (κ1) is 7.25. The summed E-state index contributed by atoms with van der Waals surface area (Å²) in [6.45, 7) is -0.178. The van der Waals surface area contributed by atoms with E-state index in [0.29, 0.717) is 0 Å². The van der Waals surface area contributed by atoms with Crippen molar-refractivity contribution in [3.05, 3.63) is 42.1 Å². The monoisotopic (exact) mass is 158 g/mol. The number of hydrogen-bond acceptors (Lipinski definition) is 1. The molecule has 0 unspecified atom stereocenters. The molecule has 1 aromatic carbocycles. The molecule has 2 heteroatoms. The molecule has 0 aliphatic heterocycles. The molecule has 12 heavy (non-hydrogen) atoms. The Labute approximate surface area is 70.5 Å². The second kappa shape index (κ2) is 2.91. The molecule has 0 saturated heterocycles. The van der Waals surface area contributed by atoms with Gasteiger partial charge in [-0.1, -0.05) is 18.2 Å². The van der Waals surface area contributed by atoms with E-state index in [1.165, 1.54) is 0 Å². The lowest BCUT2D eigenvalue weighted by Crippen LogP contribution is -1.85. The minimum absolute atomic E-state index is 0.178. The fourth-order valence-electron chi connectivity index (χ4n) is 1.29. The molecule has 0 spiro atoms. The number of hydrogen-bond donors (Lipinski definition) is 0. The highest BCUT2D eigenvalue weighted by atomic mass is 16.3. The summed E-state index contributed by atoms with van der Waals surface area (Å²) < 4.78 is 0. The van der Waals surface area contributed by atoms with Gasteiger partial charge in [-0.3, -0.25) is 4.98 Å². The van der Waals surface area contributed by atoms with E-state index in [9.17, 15) is 5.11 Å². The number of nitrogens with zero attached hydrogens (tertiary/aromatic N) is 1. The van der Waals surface area contributed by atoms with Crippen molar-refractivity contribution in [2.24, 2.45) is 0 Å². The van der Waals surface area contributed by atoms with Crippen LogP contribution in [0.25, 0.3) is 10.9 Å². The van der Waals surface area contributed by atoms with E-state index >= 15 is 0 Å². The third-order valence-corrected chi connectivity index (χ3v) is 1.89. The first-order chi connectivity index (χ1) is 5.92. The van der Waals surface area contributed by atoms with Crippen LogP contribution in [0.3, 0.4) is 0 Å². The van der Waals surface area contributed by atoms with Gasteiger partial charge in [0.2, 0.25) is 0 Å². The predicted octanol–water partition coefficient (Wildman–Crippen LogP) is 2.17. The number of rotatable bonds is 1. The summed E-state index contributed by atoms with van der Waals surface area (Å²) in [6, 6.07) is 9.39. The maximum absolute atomic E-state index is 10.7. The van der Waals surface area contributed by atoms with Gasteiger partial charge in [-0.05, 0) is 17.7 Å². The van der Waals surface area contributed by atoms with Crippen LogP contribution in [0.5, 0.6) is 0 Å². The molecule has 0 aliphatic rings. The number of benzene rings is 1. The minimum Gasteiger partial charge on any atom is -0.256 e. The highest BCUT2D eigenvalue weighted by molar-refractivity contribution is 5.81. The molecule has 0 saturated carbocycles. The molecule has 0 bridgehead atoms. The normalized spacial score (nSPS) is 10.4. The molecule has 2 aromatic rings. The van der Waals surface area contributed by atoms with E-state index in [1.54, 1.807) is 6.20 Å². The molecule has 2 rings (SSSR count).